The second-order valence-corrected chi connectivity index (χ2v) is 4.05. The first-order chi connectivity index (χ1) is 8.66. The number of amides is 1. The van der Waals surface area contributed by atoms with E-state index in [-0.39, 0.29) is 5.91 Å². The predicted octanol–water partition coefficient (Wildman–Crippen LogP) is 2.66. The Kier molecular flexibility index (Phi) is 3.57. The number of hydrogen-bond donors (Lipinski definition) is 1. The summed E-state index contributed by atoms with van der Waals surface area (Å²) in [6, 6.07) is 7.30. The second-order valence-electron chi connectivity index (χ2n) is 4.05. The lowest BCUT2D eigenvalue weighted by molar-refractivity contribution is 0.0955. The first kappa shape index (κ1) is 12.1. The van der Waals surface area contributed by atoms with Gasteiger partial charge in [0.2, 0.25) is 0 Å². The van der Waals surface area contributed by atoms with E-state index < -0.39 is 0 Å². The standard InChI is InChI=1S/C14H14N2O2/c1-10-3-4-13(7-11(10)2)14(17)16-15-8-12-5-6-18-9-12/h3-9H,1-2H3,(H,16,17)/b15-8-. The molecule has 0 aliphatic rings. The monoisotopic (exact) mass is 242 g/mol. The summed E-state index contributed by atoms with van der Waals surface area (Å²) in [6.07, 6.45) is 4.63. The Labute approximate surface area is 105 Å². The Balaban J connectivity index is 2.01. The van der Waals surface area contributed by atoms with Crippen molar-refractivity contribution in [1.29, 1.82) is 0 Å². The van der Waals surface area contributed by atoms with E-state index in [0.29, 0.717) is 5.56 Å². The van der Waals surface area contributed by atoms with Crippen molar-refractivity contribution in [3.63, 3.8) is 0 Å². The number of nitrogens with zero attached hydrogens (tertiary/aromatic N) is 1. The van der Waals surface area contributed by atoms with Crippen LogP contribution in [0.5, 0.6) is 0 Å². The molecule has 0 atom stereocenters. The molecule has 0 saturated heterocycles. The van der Waals surface area contributed by atoms with Gasteiger partial charge in [-0.25, -0.2) is 5.43 Å². The van der Waals surface area contributed by atoms with Crippen molar-refractivity contribution < 1.29 is 9.21 Å². The van der Waals surface area contributed by atoms with E-state index in [1.165, 1.54) is 6.21 Å². The van der Waals surface area contributed by atoms with Gasteiger partial charge in [-0.3, -0.25) is 4.79 Å². The highest BCUT2D eigenvalue weighted by Crippen LogP contribution is 2.09. The Hall–Kier alpha value is -2.36. The molecule has 1 aromatic carbocycles. The fourth-order valence-corrected chi connectivity index (χ4v) is 1.46. The number of carbonyl (C=O) groups excluding carboxylic acids is 1. The summed E-state index contributed by atoms with van der Waals surface area (Å²) >= 11 is 0. The third-order valence-corrected chi connectivity index (χ3v) is 2.69. The smallest absolute Gasteiger partial charge is 0.271 e. The summed E-state index contributed by atoms with van der Waals surface area (Å²) < 4.78 is 4.88. The third-order valence-electron chi connectivity index (χ3n) is 2.69. The predicted molar refractivity (Wildman–Crippen MR) is 69.7 cm³/mol. The maximum Gasteiger partial charge on any atom is 0.271 e. The van der Waals surface area contributed by atoms with Crippen LogP contribution in [0.4, 0.5) is 0 Å². The Morgan fingerprint density at radius 3 is 2.78 bits per heavy atom. The normalized spacial score (nSPS) is 10.8. The molecule has 4 nitrogen and oxygen atoms in total. The molecule has 0 fully saturated rings. The van der Waals surface area contributed by atoms with Crippen LogP contribution in [-0.2, 0) is 0 Å². The SMILES string of the molecule is Cc1ccc(C(=O)N/N=C\c2ccoc2)cc1C. The fraction of sp³-hybridized carbons (Fsp3) is 0.143. The molecule has 2 rings (SSSR count). The van der Waals surface area contributed by atoms with E-state index in [9.17, 15) is 4.79 Å². The number of rotatable bonds is 3. The van der Waals surface area contributed by atoms with E-state index in [2.05, 4.69) is 10.5 Å². The lowest BCUT2D eigenvalue weighted by Gasteiger charge is -2.03. The van der Waals surface area contributed by atoms with Crippen LogP contribution in [0.3, 0.4) is 0 Å². The molecule has 0 unspecified atom stereocenters. The molecule has 0 saturated carbocycles. The molecular formula is C14H14N2O2. The molecule has 0 radical (unpaired) electrons. The van der Waals surface area contributed by atoms with E-state index in [1.54, 1.807) is 24.7 Å². The number of carbonyl (C=O) groups is 1. The summed E-state index contributed by atoms with van der Waals surface area (Å²) in [7, 11) is 0. The first-order valence-electron chi connectivity index (χ1n) is 5.59. The van der Waals surface area contributed by atoms with Crippen molar-refractivity contribution in [3.8, 4) is 0 Å². The maximum atomic E-state index is 11.8. The fourth-order valence-electron chi connectivity index (χ4n) is 1.46. The molecule has 1 N–H and O–H groups in total. The zero-order valence-corrected chi connectivity index (χ0v) is 10.3. The molecule has 0 spiro atoms. The van der Waals surface area contributed by atoms with Crippen LogP contribution in [0, 0.1) is 13.8 Å². The molecule has 1 amide bonds. The molecule has 4 heteroatoms. The summed E-state index contributed by atoms with van der Waals surface area (Å²) in [4.78, 5) is 11.8. The minimum atomic E-state index is -0.224. The van der Waals surface area contributed by atoms with Gasteiger partial charge in [0.15, 0.2) is 0 Å². The van der Waals surface area contributed by atoms with E-state index in [1.807, 2.05) is 26.0 Å². The van der Waals surface area contributed by atoms with E-state index >= 15 is 0 Å². The van der Waals surface area contributed by atoms with Gasteiger partial charge in [-0.15, -0.1) is 0 Å². The zero-order valence-electron chi connectivity index (χ0n) is 10.3. The zero-order chi connectivity index (χ0) is 13.0. The molecule has 2 aromatic rings. The van der Waals surface area contributed by atoms with Crippen molar-refractivity contribution >= 4 is 12.1 Å². The van der Waals surface area contributed by atoms with Gasteiger partial charge < -0.3 is 4.42 Å². The largest absolute Gasteiger partial charge is 0.472 e. The van der Waals surface area contributed by atoms with Gasteiger partial charge >= 0.3 is 0 Å². The lowest BCUT2D eigenvalue weighted by Crippen LogP contribution is -2.17. The Morgan fingerprint density at radius 2 is 2.11 bits per heavy atom. The van der Waals surface area contributed by atoms with Gasteiger partial charge in [-0.1, -0.05) is 6.07 Å². The van der Waals surface area contributed by atoms with Crippen molar-refractivity contribution in [3.05, 3.63) is 59.0 Å². The van der Waals surface area contributed by atoms with Crippen LogP contribution >= 0.6 is 0 Å². The van der Waals surface area contributed by atoms with Crippen LogP contribution < -0.4 is 5.43 Å². The minimum Gasteiger partial charge on any atom is -0.472 e. The number of furan rings is 1. The number of hydrogen-bond acceptors (Lipinski definition) is 3. The van der Waals surface area contributed by atoms with Crippen LogP contribution in [-0.4, -0.2) is 12.1 Å². The van der Waals surface area contributed by atoms with Gasteiger partial charge in [-0.2, -0.15) is 5.10 Å². The highest BCUT2D eigenvalue weighted by atomic mass is 16.3. The van der Waals surface area contributed by atoms with Crippen LogP contribution in [0.25, 0.3) is 0 Å². The van der Waals surface area contributed by atoms with Crippen LogP contribution in [0.2, 0.25) is 0 Å². The van der Waals surface area contributed by atoms with Crippen LogP contribution in [0.15, 0.2) is 46.3 Å². The average molecular weight is 242 g/mol. The van der Waals surface area contributed by atoms with Gasteiger partial charge in [0.05, 0.1) is 18.7 Å². The molecule has 0 aliphatic carbocycles. The number of nitrogens with one attached hydrogen (secondary N) is 1. The molecule has 1 aromatic heterocycles. The Bertz CT molecular complexity index is 571. The molecule has 1 heterocycles. The minimum absolute atomic E-state index is 0.224. The number of benzene rings is 1. The molecule has 0 bridgehead atoms. The number of hydrazone groups is 1. The van der Waals surface area contributed by atoms with Crippen molar-refractivity contribution in [2.75, 3.05) is 0 Å². The van der Waals surface area contributed by atoms with E-state index in [0.717, 1.165) is 16.7 Å². The third kappa shape index (κ3) is 2.85. The molecule has 18 heavy (non-hydrogen) atoms. The quantitative estimate of drug-likeness (QED) is 0.664. The van der Waals surface area contributed by atoms with Gasteiger partial charge in [-0.05, 0) is 43.2 Å². The topological polar surface area (TPSA) is 54.6 Å². The van der Waals surface area contributed by atoms with Gasteiger partial charge in [0, 0.05) is 11.1 Å². The van der Waals surface area contributed by atoms with Gasteiger partial charge in [0.1, 0.15) is 0 Å². The number of aryl methyl sites for hydroxylation is 2. The summed E-state index contributed by atoms with van der Waals surface area (Å²) in [5.41, 5.74) is 6.12. The van der Waals surface area contributed by atoms with Crippen LogP contribution in [0.1, 0.15) is 27.0 Å². The van der Waals surface area contributed by atoms with Crippen molar-refractivity contribution in [2.24, 2.45) is 5.10 Å². The Morgan fingerprint density at radius 1 is 1.28 bits per heavy atom. The molecular weight excluding hydrogens is 228 g/mol. The average Bonchev–Trinajstić information content (AvgIpc) is 2.85. The lowest BCUT2D eigenvalue weighted by atomic mass is 10.1. The molecule has 92 valence electrons. The van der Waals surface area contributed by atoms with E-state index in [4.69, 9.17) is 4.42 Å². The second kappa shape index (κ2) is 5.31. The highest BCUT2D eigenvalue weighted by Gasteiger charge is 2.04. The maximum absolute atomic E-state index is 11.8. The summed E-state index contributed by atoms with van der Waals surface area (Å²) in [5.74, 6) is -0.224. The van der Waals surface area contributed by atoms with Crippen molar-refractivity contribution in [2.45, 2.75) is 13.8 Å². The first-order valence-corrected chi connectivity index (χ1v) is 5.59. The molecule has 0 aliphatic heterocycles. The van der Waals surface area contributed by atoms with Gasteiger partial charge in [0.25, 0.3) is 5.91 Å². The summed E-state index contributed by atoms with van der Waals surface area (Å²) in [5, 5.41) is 3.86. The highest BCUT2D eigenvalue weighted by molar-refractivity contribution is 5.95. The van der Waals surface area contributed by atoms with Crippen molar-refractivity contribution in [1.82, 2.24) is 5.43 Å². The summed E-state index contributed by atoms with van der Waals surface area (Å²) in [6.45, 7) is 3.98.